The molecule has 2 fully saturated rings. The molecule has 1 heterocycles. The highest BCUT2D eigenvalue weighted by Crippen LogP contribution is 2.38. The molecular formula is C13H17ClF4N2O2. The van der Waals surface area contributed by atoms with Gasteiger partial charge in [-0.1, -0.05) is 12.8 Å². The zero-order valence-electron chi connectivity index (χ0n) is 11.8. The zero-order chi connectivity index (χ0) is 16.5. The van der Waals surface area contributed by atoms with Crippen molar-refractivity contribution in [2.45, 2.75) is 37.0 Å². The minimum absolute atomic E-state index is 0.405. The van der Waals surface area contributed by atoms with Crippen molar-refractivity contribution in [3.63, 3.8) is 0 Å². The van der Waals surface area contributed by atoms with Crippen LogP contribution in [0, 0.1) is 11.8 Å². The van der Waals surface area contributed by atoms with Gasteiger partial charge in [0, 0.05) is 13.1 Å². The first-order chi connectivity index (χ1) is 10.1. The molecule has 0 aromatic carbocycles. The number of halogens is 5. The molecule has 0 bridgehead atoms. The fourth-order valence-corrected chi connectivity index (χ4v) is 3.20. The van der Waals surface area contributed by atoms with Crippen LogP contribution in [0.25, 0.3) is 0 Å². The van der Waals surface area contributed by atoms with Crippen LogP contribution in [0.4, 0.5) is 17.6 Å². The molecule has 4 nitrogen and oxygen atoms in total. The van der Waals surface area contributed by atoms with Gasteiger partial charge in [0.15, 0.2) is 0 Å². The van der Waals surface area contributed by atoms with Gasteiger partial charge in [0.05, 0.1) is 6.54 Å². The standard InChI is InChI=1S/C13H17ClF4N2O2/c14-13(17,18)12(15,16)11(22)19-5-10(21)20-6-8-3-1-2-4-9(8)7-20/h8-9H,1-7H2,(H,19,22). The number of hydrogen-bond donors (Lipinski definition) is 1. The SMILES string of the molecule is O=C(CNC(=O)C(F)(F)C(F)(F)Cl)N1CC2CCCCC2C1. The van der Waals surface area contributed by atoms with Crippen molar-refractivity contribution >= 4 is 23.4 Å². The smallest absolute Gasteiger partial charge is 0.342 e. The van der Waals surface area contributed by atoms with Gasteiger partial charge in [-0.2, -0.15) is 17.6 Å². The Morgan fingerprint density at radius 1 is 1.09 bits per heavy atom. The second-order valence-corrected chi connectivity index (χ2v) is 6.33. The quantitative estimate of drug-likeness (QED) is 0.628. The van der Waals surface area contributed by atoms with Crippen molar-refractivity contribution in [2.75, 3.05) is 19.6 Å². The first-order valence-corrected chi connectivity index (χ1v) is 7.51. The third kappa shape index (κ3) is 3.47. The van der Waals surface area contributed by atoms with Gasteiger partial charge in [-0.25, -0.2) is 0 Å². The zero-order valence-corrected chi connectivity index (χ0v) is 12.5. The first-order valence-electron chi connectivity index (χ1n) is 7.13. The number of likely N-dealkylation sites (tertiary alicyclic amines) is 1. The maximum atomic E-state index is 13.0. The summed E-state index contributed by atoms with van der Waals surface area (Å²) in [5, 5.41) is -3.45. The van der Waals surface area contributed by atoms with Gasteiger partial charge in [0.25, 0.3) is 5.91 Å². The lowest BCUT2D eigenvalue weighted by Crippen LogP contribution is -2.52. The summed E-state index contributed by atoms with van der Waals surface area (Å²) in [6, 6.07) is 0. The first kappa shape index (κ1) is 17.3. The van der Waals surface area contributed by atoms with E-state index >= 15 is 0 Å². The van der Waals surface area contributed by atoms with Crippen LogP contribution in [0.5, 0.6) is 0 Å². The number of carbonyl (C=O) groups excluding carboxylic acids is 2. The van der Waals surface area contributed by atoms with Crippen LogP contribution in [0.2, 0.25) is 0 Å². The fourth-order valence-electron chi connectivity index (χ4n) is 3.12. The van der Waals surface area contributed by atoms with Crippen LogP contribution in [0.1, 0.15) is 25.7 Å². The molecule has 1 aliphatic carbocycles. The highest BCUT2D eigenvalue weighted by molar-refractivity contribution is 6.24. The van der Waals surface area contributed by atoms with Gasteiger partial charge in [-0.3, -0.25) is 9.59 Å². The van der Waals surface area contributed by atoms with Crippen molar-refractivity contribution < 1.29 is 27.2 Å². The maximum absolute atomic E-state index is 13.0. The minimum atomic E-state index is -5.06. The predicted octanol–water partition coefficient (Wildman–Crippen LogP) is 2.22. The number of carbonyl (C=O) groups is 2. The Balaban J connectivity index is 1.84. The van der Waals surface area contributed by atoms with Gasteiger partial charge in [-0.05, 0) is 36.3 Å². The molecule has 2 unspecified atom stereocenters. The topological polar surface area (TPSA) is 49.4 Å². The molecule has 2 atom stereocenters. The average molecular weight is 345 g/mol. The van der Waals surface area contributed by atoms with Gasteiger partial charge in [0.2, 0.25) is 5.91 Å². The van der Waals surface area contributed by atoms with E-state index in [-0.39, 0.29) is 0 Å². The summed E-state index contributed by atoms with van der Waals surface area (Å²) in [7, 11) is 0. The summed E-state index contributed by atoms with van der Waals surface area (Å²) in [6.07, 6.45) is 4.27. The summed E-state index contributed by atoms with van der Waals surface area (Å²) in [6.45, 7) is 0.323. The Hall–Kier alpha value is -1.05. The van der Waals surface area contributed by atoms with Gasteiger partial charge < -0.3 is 10.2 Å². The lowest BCUT2D eigenvalue weighted by molar-refractivity contribution is -0.181. The molecular weight excluding hydrogens is 328 g/mol. The van der Waals surface area contributed by atoms with E-state index in [9.17, 15) is 27.2 Å². The molecule has 126 valence electrons. The maximum Gasteiger partial charge on any atom is 0.400 e. The molecule has 9 heteroatoms. The monoisotopic (exact) mass is 344 g/mol. The third-order valence-electron chi connectivity index (χ3n) is 4.37. The molecule has 2 aliphatic rings. The second kappa shape index (κ2) is 6.22. The van der Waals surface area contributed by atoms with Crippen LogP contribution in [-0.4, -0.2) is 47.7 Å². The number of amides is 2. The highest BCUT2D eigenvalue weighted by Gasteiger charge is 2.61. The lowest BCUT2D eigenvalue weighted by Gasteiger charge is -2.22. The summed E-state index contributed by atoms with van der Waals surface area (Å²) < 4.78 is 50.8. The van der Waals surface area contributed by atoms with Gasteiger partial charge in [-0.15, -0.1) is 0 Å². The third-order valence-corrected chi connectivity index (χ3v) is 4.61. The van der Waals surface area contributed by atoms with E-state index in [4.69, 9.17) is 0 Å². The molecule has 0 radical (unpaired) electrons. The van der Waals surface area contributed by atoms with Crippen LogP contribution in [0.3, 0.4) is 0 Å². The van der Waals surface area contributed by atoms with Gasteiger partial charge >= 0.3 is 11.3 Å². The average Bonchev–Trinajstić information content (AvgIpc) is 2.86. The van der Waals surface area contributed by atoms with Crippen LogP contribution < -0.4 is 5.32 Å². The summed E-state index contributed by atoms with van der Waals surface area (Å²) >= 11 is 4.21. The molecule has 22 heavy (non-hydrogen) atoms. The van der Waals surface area contributed by atoms with Crippen molar-refractivity contribution in [2.24, 2.45) is 11.8 Å². The van der Waals surface area contributed by atoms with Crippen molar-refractivity contribution in [3.8, 4) is 0 Å². The molecule has 2 rings (SSSR count). The largest absolute Gasteiger partial charge is 0.400 e. The summed E-state index contributed by atoms with van der Waals surface area (Å²) in [5.74, 6) is -7.05. The molecule has 1 saturated heterocycles. The second-order valence-electron chi connectivity index (χ2n) is 5.86. The Morgan fingerprint density at radius 2 is 1.59 bits per heavy atom. The Labute approximate surface area is 130 Å². The predicted molar refractivity (Wildman–Crippen MR) is 70.8 cm³/mol. The molecule has 0 aromatic rings. The number of nitrogens with zero attached hydrogens (tertiary/aromatic N) is 1. The van der Waals surface area contributed by atoms with Crippen molar-refractivity contribution in [3.05, 3.63) is 0 Å². The normalized spacial score (nSPS) is 25.8. The van der Waals surface area contributed by atoms with Crippen LogP contribution in [-0.2, 0) is 9.59 Å². The van der Waals surface area contributed by atoms with E-state index in [1.807, 2.05) is 0 Å². The van der Waals surface area contributed by atoms with Crippen LogP contribution in [0.15, 0.2) is 0 Å². The number of rotatable bonds is 4. The Morgan fingerprint density at radius 3 is 2.05 bits per heavy atom. The molecule has 1 N–H and O–H groups in total. The minimum Gasteiger partial charge on any atom is -0.342 e. The van der Waals surface area contributed by atoms with Gasteiger partial charge in [0.1, 0.15) is 0 Å². The number of fused-ring (bicyclic) bond motifs is 1. The molecule has 2 amide bonds. The Bertz CT molecular complexity index is 442. The Kier molecular flexibility index (Phi) is 4.89. The van der Waals surface area contributed by atoms with Crippen molar-refractivity contribution in [1.82, 2.24) is 10.2 Å². The van der Waals surface area contributed by atoms with Crippen molar-refractivity contribution in [1.29, 1.82) is 0 Å². The van der Waals surface area contributed by atoms with E-state index in [0.717, 1.165) is 25.7 Å². The molecule has 0 aromatic heterocycles. The van der Waals surface area contributed by atoms with E-state index in [2.05, 4.69) is 11.6 Å². The summed E-state index contributed by atoms with van der Waals surface area (Å²) in [4.78, 5) is 24.5. The number of alkyl halides is 5. The fraction of sp³-hybridized carbons (Fsp3) is 0.846. The molecule has 1 saturated carbocycles. The number of nitrogens with one attached hydrogen (secondary N) is 1. The van der Waals surface area contributed by atoms with E-state index in [1.54, 1.807) is 5.32 Å². The van der Waals surface area contributed by atoms with E-state index in [1.165, 1.54) is 4.90 Å². The van der Waals surface area contributed by atoms with Crippen LogP contribution >= 0.6 is 11.6 Å². The molecule has 0 spiro atoms. The van der Waals surface area contributed by atoms with E-state index in [0.29, 0.717) is 24.9 Å². The van der Waals surface area contributed by atoms with E-state index < -0.39 is 29.7 Å². The number of hydrogen-bond acceptors (Lipinski definition) is 2. The lowest BCUT2D eigenvalue weighted by atomic mass is 9.82. The highest BCUT2D eigenvalue weighted by atomic mass is 35.5. The molecule has 1 aliphatic heterocycles. The summed E-state index contributed by atoms with van der Waals surface area (Å²) in [5.41, 5.74) is 0.